The van der Waals surface area contributed by atoms with Crippen LogP contribution in [0, 0.1) is 0 Å². The largest absolute Gasteiger partial charge is 0.495 e. The number of nitrogens with zero attached hydrogens (tertiary/aromatic N) is 1. The molecule has 4 aromatic rings. The number of thiophene rings is 1. The Kier molecular flexibility index (Phi) is 3.30. The summed E-state index contributed by atoms with van der Waals surface area (Å²) in [4.78, 5) is 4.38. The minimum Gasteiger partial charge on any atom is -0.399 e. The maximum absolute atomic E-state index is 6.36. The van der Waals surface area contributed by atoms with Crippen LogP contribution in [0.25, 0.3) is 30.9 Å². The molecule has 0 aliphatic carbocycles. The first kappa shape index (κ1) is 16.2. The minimum atomic E-state index is -0.382. The average molecular weight is 361 g/mol. The molecular weight excluding hydrogens is 341 g/mol. The molecule has 1 aliphatic heterocycles. The summed E-state index contributed by atoms with van der Waals surface area (Å²) in [6.07, 6.45) is 3.80. The molecule has 1 aliphatic rings. The zero-order valence-corrected chi connectivity index (χ0v) is 16.2. The molecule has 1 saturated heterocycles. The number of fused-ring (bicyclic) bond motifs is 5. The van der Waals surface area contributed by atoms with Crippen molar-refractivity contribution in [1.29, 1.82) is 0 Å². The van der Waals surface area contributed by atoms with Crippen LogP contribution in [0.1, 0.15) is 27.7 Å². The molecule has 0 atom stereocenters. The summed E-state index contributed by atoms with van der Waals surface area (Å²) < 4.78 is 15.3. The molecule has 2 aromatic heterocycles. The highest BCUT2D eigenvalue weighted by Gasteiger charge is 2.52. The van der Waals surface area contributed by atoms with Gasteiger partial charge in [-0.1, -0.05) is 24.3 Å². The summed E-state index contributed by atoms with van der Waals surface area (Å²) in [5.74, 6) is 0. The highest BCUT2D eigenvalue weighted by Crippen LogP contribution is 2.40. The van der Waals surface area contributed by atoms with E-state index in [-0.39, 0.29) is 18.3 Å². The smallest absolute Gasteiger partial charge is 0.399 e. The summed E-state index contributed by atoms with van der Waals surface area (Å²) in [6, 6.07) is 12.9. The molecule has 0 saturated carbocycles. The van der Waals surface area contributed by atoms with Crippen molar-refractivity contribution >= 4 is 54.9 Å². The van der Waals surface area contributed by atoms with Gasteiger partial charge in [0.2, 0.25) is 0 Å². The van der Waals surface area contributed by atoms with Gasteiger partial charge in [0.05, 0.1) is 11.2 Å². The first-order chi connectivity index (χ1) is 12.4. The van der Waals surface area contributed by atoms with E-state index in [0.717, 1.165) is 16.2 Å². The van der Waals surface area contributed by atoms with E-state index in [0.29, 0.717) is 0 Å². The first-order valence-corrected chi connectivity index (χ1v) is 9.72. The lowest BCUT2D eigenvalue weighted by atomic mass is 9.75. The average Bonchev–Trinajstić information content (AvgIpc) is 3.08. The van der Waals surface area contributed by atoms with Crippen LogP contribution in [0.3, 0.4) is 0 Å². The maximum atomic E-state index is 6.36. The second-order valence-electron chi connectivity index (χ2n) is 7.95. The number of benzene rings is 2. The maximum Gasteiger partial charge on any atom is 0.495 e. The summed E-state index contributed by atoms with van der Waals surface area (Å²) in [5.41, 5.74) is 0.364. The molecule has 5 heteroatoms. The standard InChI is InChI=1S/C21H20BNO2S/c1-20(2)21(3,4)25-22(24-20)17-11-15-14-7-5-6-8-18(14)26-19(15)16-12-23-10-9-13(16)17/h5-12H,1-4H3. The van der Waals surface area contributed by atoms with Crippen molar-refractivity contribution in [2.75, 3.05) is 0 Å². The molecule has 2 aromatic carbocycles. The molecule has 26 heavy (non-hydrogen) atoms. The van der Waals surface area contributed by atoms with Crippen LogP contribution in [0.4, 0.5) is 0 Å². The van der Waals surface area contributed by atoms with Gasteiger partial charge in [0.25, 0.3) is 0 Å². The molecule has 0 unspecified atom stereocenters. The Hall–Kier alpha value is -1.95. The van der Waals surface area contributed by atoms with Crippen molar-refractivity contribution in [1.82, 2.24) is 4.98 Å². The first-order valence-electron chi connectivity index (χ1n) is 8.91. The van der Waals surface area contributed by atoms with Crippen LogP contribution in [0.5, 0.6) is 0 Å². The fourth-order valence-corrected chi connectivity index (χ4v) is 4.84. The number of aromatic nitrogens is 1. The van der Waals surface area contributed by atoms with E-state index in [9.17, 15) is 0 Å². The van der Waals surface area contributed by atoms with E-state index < -0.39 is 0 Å². The van der Waals surface area contributed by atoms with Gasteiger partial charge in [0, 0.05) is 38.0 Å². The number of pyridine rings is 1. The summed E-state index contributed by atoms with van der Waals surface area (Å²) in [7, 11) is -0.382. The monoisotopic (exact) mass is 361 g/mol. The molecule has 1 fully saturated rings. The molecule has 0 radical (unpaired) electrons. The van der Waals surface area contributed by atoms with E-state index in [1.165, 1.54) is 20.2 Å². The van der Waals surface area contributed by atoms with Gasteiger partial charge in [-0.05, 0) is 50.7 Å². The minimum absolute atomic E-state index is 0.358. The molecule has 3 nitrogen and oxygen atoms in total. The Morgan fingerprint density at radius 2 is 1.62 bits per heavy atom. The Morgan fingerprint density at radius 1 is 0.885 bits per heavy atom. The second kappa shape index (κ2) is 5.29. The molecular formula is C21H20BNO2S. The lowest BCUT2D eigenvalue weighted by Crippen LogP contribution is -2.41. The van der Waals surface area contributed by atoms with Gasteiger partial charge in [-0.15, -0.1) is 11.3 Å². The van der Waals surface area contributed by atoms with Gasteiger partial charge in [-0.2, -0.15) is 0 Å². The summed E-state index contributed by atoms with van der Waals surface area (Å²) in [6.45, 7) is 8.37. The van der Waals surface area contributed by atoms with Crippen molar-refractivity contribution in [3.63, 3.8) is 0 Å². The summed E-state index contributed by atoms with van der Waals surface area (Å²) >= 11 is 1.82. The van der Waals surface area contributed by atoms with E-state index in [1.807, 2.05) is 23.7 Å². The lowest BCUT2D eigenvalue weighted by Gasteiger charge is -2.32. The number of hydrogen-bond acceptors (Lipinski definition) is 4. The van der Waals surface area contributed by atoms with Gasteiger partial charge >= 0.3 is 7.12 Å². The third-order valence-corrected chi connectivity index (χ3v) is 7.04. The van der Waals surface area contributed by atoms with Gasteiger partial charge in [0.1, 0.15) is 0 Å². The van der Waals surface area contributed by atoms with Gasteiger partial charge < -0.3 is 9.31 Å². The second-order valence-corrected chi connectivity index (χ2v) is 9.00. The number of hydrogen-bond donors (Lipinski definition) is 0. The van der Waals surface area contributed by atoms with Crippen molar-refractivity contribution in [3.05, 3.63) is 48.8 Å². The highest BCUT2D eigenvalue weighted by molar-refractivity contribution is 7.26. The Morgan fingerprint density at radius 3 is 2.38 bits per heavy atom. The summed E-state index contributed by atoms with van der Waals surface area (Å²) in [5, 5.41) is 4.83. The number of rotatable bonds is 1. The van der Waals surface area contributed by atoms with E-state index in [2.05, 4.69) is 69.1 Å². The Bertz CT molecular complexity index is 1150. The Labute approximate surface area is 157 Å². The quantitative estimate of drug-likeness (QED) is 0.452. The molecule has 0 amide bonds. The van der Waals surface area contributed by atoms with Crippen molar-refractivity contribution in [2.24, 2.45) is 0 Å². The predicted octanol–water partition coefficient (Wildman–Crippen LogP) is 4.90. The highest BCUT2D eigenvalue weighted by atomic mass is 32.1. The SMILES string of the molecule is CC1(C)OB(c2cc3c4ccccc4sc3c3cnccc23)OC1(C)C. The fourth-order valence-electron chi connectivity index (χ4n) is 3.63. The molecule has 130 valence electrons. The van der Waals surface area contributed by atoms with Gasteiger partial charge in [-0.25, -0.2) is 0 Å². The van der Waals surface area contributed by atoms with Crippen LogP contribution in [0.15, 0.2) is 48.8 Å². The van der Waals surface area contributed by atoms with Gasteiger partial charge in [-0.3, -0.25) is 4.98 Å². The lowest BCUT2D eigenvalue weighted by molar-refractivity contribution is 0.00578. The third-order valence-electron chi connectivity index (χ3n) is 5.82. The van der Waals surface area contributed by atoms with Crippen LogP contribution >= 0.6 is 11.3 Å². The fraction of sp³-hybridized carbons (Fsp3) is 0.286. The molecule has 0 spiro atoms. The predicted molar refractivity (Wildman–Crippen MR) is 110 cm³/mol. The third kappa shape index (κ3) is 2.17. The molecule has 0 bridgehead atoms. The van der Waals surface area contributed by atoms with Crippen LogP contribution in [0.2, 0.25) is 0 Å². The van der Waals surface area contributed by atoms with Crippen molar-refractivity contribution in [3.8, 4) is 0 Å². The molecule has 0 N–H and O–H groups in total. The van der Waals surface area contributed by atoms with Crippen LogP contribution in [-0.2, 0) is 9.31 Å². The topological polar surface area (TPSA) is 31.4 Å². The molecule has 5 rings (SSSR count). The van der Waals surface area contributed by atoms with Crippen LogP contribution in [-0.4, -0.2) is 23.3 Å². The zero-order chi connectivity index (χ0) is 18.1. The van der Waals surface area contributed by atoms with E-state index in [1.54, 1.807) is 0 Å². The van der Waals surface area contributed by atoms with Crippen molar-refractivity contribution in [2.45, 2.75) is 38.9 Å². The van der Waals surface area contributed by atoms with Crippen LogP contribution < -0.4 is 5.46 Å². The molecule has 3 heterocycles. The van der Waals surface area contributed by atoms with Crippen molar-refractivity contribution < 1.29 is 9.31 Å². The Balaban J connectivity index is 1.83. The zero-order valence-electron chi connectivity index (χ0n) is 15.4. The van der Waals surface area contributed by atoms with E-state index in [4.69, 9.17) is 9.31 Å². The normalized spacial score (nSPS) is 19.0. The van der Waals surface area contributed by atoms with E-state index >= 15 is 0 Å². The van der Waals surface area contributed by atoms with Gasteiger partial charge in [0.15, 0.2) is 0 Å².